The third-order valence-corrected chi connectivity index (χ3v) is 2.78. The lowest BCUT2D eigenvalue weighted by molar-refractivity contribution is 0.0696. The zero-order valence-electron chi connectivity index (χ0n) is 9.85. The number of urea groups is 1. The fraction of sp³-hybridized carbons (Fsp3) is 0.417. The number of nitrogens with zero attached hydrogens (tertiary/aromatic N) is 1. The highest BCUT2D eigenvalue weighted by atomic mass is 16.4. The van der Waals surface area contributed by atoms with Gasteiger partial charge in [0.15, 0.2) is 0 Å². The van der Waals surface area contributed by atoms with Crippen LogP contribution in [0.2, 0.25) is 0 Å². The number of pyridine rings is 1. The van der Waals surface area contributed by atoms with E-state index in [9.17, 15) is 9.59 Å². The van der Waals surface area contributed by atoms with Crippen LogP contribution in [0.4, 0.5) is 10.5 Å². The van der Waals surface area contributed by atoms with Crippen molar-refractivity contribution in [3.05, 3.63) is 24.0 Å². The smallest absolute Gasteiger partial charge is 0.337 e. The molecule has 1 saturated carbocycles. The van der Waals surface area contributed by atoms with Crippen LogP contribution in [0.5, 0.6) is 0 Å². The van der Waals surface area contributed by atoms with Crippen molar-refractivity contribution < 1.29 is 14.7 Å². The van der Waals surface area contributed by atoms with E-state index in [1.165, 1.54) is 31.3 Å². The lowest BCUT2D eigenvalue weighted by Crippen LogP contribution is -2.29. The summed E-state index contributed by atoms with van der Waals surface area (Å²) in [7, 11) is 0. The van der Waals surface area contributed by atoms with Crippen LogP contribution in [0.3, 0.4) is 0 Å². The molecule has 1 aromatic rings. The van der Waals surface area contributed by atoms with E-state index in [1.54, 1.807) is 0 Å². The van der Waals surface area contributed by atoms with E-state index in [4.69, 9.17) is 5.11 Å². The van der Waals surface area contributed by atoms with Crippen LogP contribution in [-0.4, -0.2) is 28.6 Å². The van der Waals surface area contributed by atoms with Crippen LogP contribution in [0.25, 0.3) is 0 Å². The second-order valence-corrected chi connectivity index (χ2v) is 4.38. The van der Waals surface area contributed by atoms with Crippen LogP contribution in [0.1, 0.15) is 29.6 Å². The van der Waals surface area contributed by atoms with Gasteiger partial charge in [-0.25, -0.2) is 9.59 Å². The van der Waals surface area contributed by atoms with Crippen LogP contribution in [0.15, 0.2) is 18.5 Å². The SMILES string of the molecule is O=C(NCCC1CC1)Nc1cncc(C(=O)O)c1. The summed E-state index contributed by atoms with van der Waals surface area (Å²) in [5.74, 6) is -0.303. The number of hydrogen-bond acceptors (Lipinski definition) is 3. The Balaban J connectivity index is 1.81. The summed E-state index contributed by atoms with van der Waals surface area (Å²) in [6.07, 6.45) is 6.16. The molecule has 2 amide bonds. The highest BCUT2D eigenvalue weighted by Gasteiger charge is 2.20. The van der Waals surface area contributed by atoms with Gasteiger partial charge in [-0.1, -0.05) is 12.8 Å². The summed E-state index contributed by atoms with van der Waals surface area (Å²) in [6.45, 7) is 0.641. The van der Waals surface area contributed by atoms with Crippen molar-refractivity contribution in [3.8, 4) is 0 Å². The number of carbonyl (C=O) groups excluding carboxylic acids is 1. The number of carboxylic acid groups (broad SMARTS) is 1. The quantitative estimate of drug-likeness (QED) is 0.740. The van der Waals surface area contributed by atoms with Gasteiger partial charge in [0.05, 0.1) is 17.4 Å². The maximum absolute atomic E-state index is 11.5. The summed E-state index contributed by atoms with van der Waals surface area (Å²) in [6, 6.07) is 1.04. The molecular formula is C12H15N3O3. The highest BCUT2D eigenvalue weighted by molar-refractivity contribution is 5.92. The minimum Gasteiger partial charge on any atom is -0.478 e. The second-order valence-electron chi connectivity index (χ2n) is 4.38. The average molecular weight is 249 g/mol. The summed E-state index contributed by atoms with van der Waals surface area (Å²) >= 11 is 0. The van der Waals surface area contributed by atoms with Crippen LogP contribution < -0.4 is 10.6 Å². The Kier molecular flexibility index (Phi) is 3.76. The molecule has 0 saturated heterocycles. The maximum Gasteiger partial charge on any atom is 0.337 e. The number of rotatable bonds is 5. The van der Waals surface area contributed by atoms with Gasteiger partial charge in [-0.2, -0.15) is 0 Å². The molecule has 0 unspecified atom stereocenters. The summed E-state index contributed by atoms with van der Waals surface area (Å²) in [5.41, 5.74) is 0.421. The lowest BCUT2D eigenvalue weighted by Gasteiger charge is -2.07. The molecule has 1 aromatic heterocycles. The van der Waals surface area contributed by atoms with Gasteiger partial charge >= 0.3 is 12.0 Å². The predicted molar refractivity (Wildman–Crippen MR) is 65.6 cm³/mol. The summed E-state index contributed by atoms with van der Waals surface area (Å²) < 4.78 is 0. The number of carboxylic acids is 1. The van der Waals surface area contributed by atoms with E-state index in [2.05, 4.69) is 15.6 Å². The second kappa shape index (κ2) is 5.48. The van der Waals surface area contributed by atoms with Gasteiger partial charge in [-0.05, 0) is 18.4 Å². The first kappa shape index (κ1) is 12.3. The summed E-state index contributed by atoms with van der Waals surface area (Å²) in [4.78, 5) is 26.0. The molecule has 0 atom stereocenters. The Bertz CT molecular complexity index is 458. The third-order valence-electron chi connectivity index (χ3n) is 2.78. The molecule has 96 valence electrons. The van der Waals surface area contributed by atoms with E-state index < -0.39 is 5.97 Å². The van der Waals surface area contributed by atoms with Crippen LogP contribution in [0, 0.1) is 5.92 Å². The van der Waals surface area contributed by atoms with Gasteiger partial charge in [-0.3, -0.25) is 4.98 Å². The van der Waals surface area contributed by atoms with E-state index in [-0.39, 0.29) is 11.6 Å². The van der Waals surface area contributed by atoms with Gasteiger partial charge in [-0.15, -0.1) is 0 Å². The molecule has 0 bridgehead atoms. The van der Waals surface area contributed by atoms with Crippen LogP contribution in [-0.2, 0) is 0 Å². The van der Waals surface area contributed by atoms with Crippen molar-refractivity contribution in [3.63, 3.8) is 0 Å². The van der Waals surface area contributed by atoms with E-state index in [0.717, 1.165) is 12.3 Å². The van der Waals surface area contributed by atoms with Crippen molar-refractivity contribution >= 4 is 17.7 Å². The molecule has 1 heterocycles. The number of hydrogen-bond donors (Lipinski definition) is 3. The van der Waals surface area contributed by atoms with Crippen molar-refractivity contribution in [1.29, 1.82) is 0 Å². The molecule has 1 fully saturated rings. The topological polar surface area (TPSA) is 91.3 Å². The fourth-order valence-corrected chi connectivity index (χ4v) is 1.60. The normalized spacial score (nSPS) is 14.0. The van der Waals surface area contributed by atoms with E-state index in [1.807, 2.05) is 0 Å². The molecule has 0 aliphatic heterocycles. The standard InChI is InChI=1S/C12H15N3O3/c16-11(17)9-5-10(7-13-6-9)15-12(18)14-4-3-8-1-2-8/h5-8H,1-4H2,(H,16,17)(H2,14,15,18). The third kappa shape index (κ3) is 3.73. The Morgan fingerprint density at radius 1 is 1.39 bits per heavy atom. The largest absolute Gasteiger partial charge is 0.478 e. The van der Waals surface area contributed by atoms with Crippen molar-refractivity contribution in [2.45, 2.75) is 19.3 Å². The first-order valence-electron chi connectivity index (χ1n) is 5.88. The van der Waals surface area contributed by atoms with Crippen molar-refractivity contribution in [2.24, 2.45) is 5.92 Å². The highest BCUT2D eigenvalue weighted by Crippen LogP contribution is 2.31. The maximum atomic E-state index is 11.5. The predicted octanol–water partition coefficient (Wildman–Crippen LogP) is 1.70. The van der Waals surface area contributed by atoms with Gasteiger partial charge < -0.3 is 15.7 Å². The molecule has 6 heteroatoms. The number of aromatic carboxylic acids is 1. The van der Waals surface area contributed by atoms with Crippen molar-refractivity contribution in [2.75, 3.05) is 11.9 Å². The molecule has 18 heavy (non-hydrogen) atoms. The van der Waals surface area contributed by atoms with Crippen LogP contribution >= 0.6 is 0 Å². The zero-order chi connectivity index (χ0) is 13.0. The molecule has 6 nitrogen and oxygen atoms in total. The summed E-state index contributed by atoms with van der Waals surface area (Å²) in [5, 5.41) is 14.1. The number of carbonyl (C=O) groups is 2. The van der Waals surface area contributed by atoms with Gasteiger partial charge in [0.25, 0.3) is 0 Å². The number of nitrogens with one attached hydrogen (secondary N) is 2. The molecule has 0 radical (unpaired) electrons. The first-order valence-corrected chi connectivity index (χ1v) is 5.88. The zero-order valence-corrected chi connectivity index (χ0v) is 9.85. The number of anilines is 1. The minimum absolute atomic E-state index is 0.0470. The number of amides is 2. The Hall–Kier alpha value is -2.11. The molecule has 0 spiro atoms. The van der Waals surface area contributed by atoms with Gasteiger partial charge in [0, 0.05) is 12.7 Å². The van der Waals surface area contributed by atoms with Gasteiger partial charge in [0.1, 0.15) is 0 Å². The Morgan fingerprint density at radius 3 is 2.83 bits per heavy atom. The molecule has 1 aliphatic carbocycles. The van der Waals surface area contributed by atoms with Gasteiger partial charge in [0.2, 0.25) is 0 Å². The molecule has 3 N–H and O–H groups in total. The molecule has 2 rings (SSSR count). The Morgan fingerprint density at radius 2 is 2.17 bits per heavy atom. The first-order chi connectivity index (χ1) is 8.65. The molecule has 0 aromatic carbocycles. The monoisotopic (exact) mass is 249 g/mol. The minimum atomic E-state index is -1.07. The Labute approximate surface area is 104 Å². The van der Waals surface area contributed by atoms with Crippen molar-refractivity contribution in [1.82, 2.24) is 10.3 Å². The lowest BCUT2D eigenvalue weighted by atomic mass is 10.2. The van der Waals surface area contributed by atoms with E-state index in [0.29, 0.717) is 12.2 Å². The fourth-order valence-electron chi connectivity index (χ4n) is 1.60. The molecule has 1 aliphatic rings. The molecular weight excluding hydrogens is 234 g/mol. The van der Waals surface area contributed by atoms with E-state index >= 15 is 0 Å². The average Bonchev–Trinajstić information content (AvgIpc) is 3.13. The number of aromatic nitrogens is 1.